The Kier molecular flexibility index (Phi) is 4.09. The predicted octanol–water partition coefficient (Wildman–Crippen LogP) is 0.0220. The Morgan fingerprint density at radius 1 is 1.10 bits per heavy atom. The molecule has 1 aliphatic rings. The van der Waals surface area contributed by atoms with Crippen LogP contribution in [0.2, 0.25) is 0 Å². The van der Waals surface area contributed by atoms with E-state index in [-0.39, 0.29) is 24.5 Å². The summed E-state index contributed by atoms with van der Waals surface area (Å²) in [6, 6.07) is 6.93. The molecule has 0 spiro atoms. The molecular formula is C13H14N4O3. The molecule has 0 radical (unpaired) electrons. The Bertz CT molecular complexity index is 578. The molecule has 1 heterocycles. The molecule has 0 aliphatic carbocycles. The molecule has 0 atom stereocenters. The van der Waals surface area contributed by atoms with E-state index in [4.69, 9.17) is 0 Å². The van der Waals surface area contributed by atoms with Gasteiger partial charge < -0.3 is 0 Å². The average Bonchev–Trinajstić information content (AvgIpc) is 2.46. The summed E-state index contributed by atoms with van der Waals surface area (Å²) in [6.07, 6.45) is 0.455. The maximum atomic E-state index is 11.8. The van der Waals surface area contributed by atoms with Gasteiger partial charge in [-0.3, -0.25) is 25.2 Å². The van der Waals surface area contributed by atoms with Gasteiger partial charge in [0.1, 0.15) is 5.71 Å². The van der Waals surface area contributed by atoms with E-state index in [0.717, 1.165) is 5.56 Å². The molecule has 2 rings (SSSR count). The van der Waals surface area contributed by atoms with Crippen molar-refractivity contribution in [1.29, 1.82) is 0 Å². The minimum atomic E-state index is -0.537. The summed E-state index contributed by atoms with van der Waals surface area (Å²) in [4.78, 5) is 34.3. The van der Waals surface area contributed by atoms with Crippen LogP contribution in [-0.2, 0) is 9.59 Å². The zero-order valence-electron chi connectivity index (χ0n) is 10.9. The number of nitrogens with one attached hydrogen (secondary N) is 3. The molecule has 0 unspecified atom stereocenters. The van der Waals surface area contributed by atoms with Crippen molar-refractivity contribution in [3.05, 3.63) is 35.4 Å². The van der Waals surface area contributed by atoms with Crippen LogP contribution in [0.25, 0.3) is 0 Å². The Hall–Kier alpha value is -2.70. The fourth-order valence-corrected chi connectivity index (χ4v) is 1.60. The molecule has 0 bridgehead atoms. The standard InChI is InChI=1S/C13H14N4O3/c1-8-2-4-9(5-3-8)12(19)16-17-13(20)10-6-7-11(18)15-14-10/h2-5H,6-7H2,1H3,(H,15,18)(H,16,19)(H,17,20). The number of amides is 3. The number of rotatable bonds is 2. The van der Waals surface area contributed by atoms with Gasteiger partial charge >= 0.3 is 0 Å². The molecular weight excluding hydrogens is 260 g/mol. The van der Waals surface area contributed by atoms with Gasteiger partial charge in [0.15, 0.2) is 0 Å². The molecule has 1 aliphatic heterocycles. The first kappa shape index (κ1) is 13.7. The van der Waals surface area contributed by atoms with Gasteiger partial charge in [-0.2, -0.15) is 5.10 Å². The number of hydrazone groups is 1. The number of benzene rings is 1. The number of hydrazine groups is 1. The highest BCUT2D eigenvalue weighted by Crippen LogP contribution is 2.02. The number of hydrogen-bond donors (Lipinski definition) is 3. The van der Waals surface area contributed by atoms with Crippen molar-refractivity contribution < 1.29 is 14.4 Å². The monoisotopic (exact) mass is 274 g/mol. The molecule has 0 fully saturated rings. The van der Waals surface area contributed by atoms with Crippen LogP contribution >= 0.6 is 0 Å². The molecule has 104 valence electrons. The Balaban J connectivity index is 1.88. The highest BCUT2D eigenvalue weighted by Gasteiger charge is 2.18. The van der Waals surface area contributed by atoms with Crippen molar-refractivity contribution in [2.24, 2.45) is 5.10 Å². The van der Waals surface area contributed by atoms with E-state index >= 15 is 0 Å². The van der Waals surface area contributed by atoms with Crippen molar-refractivity contribution in [3.8, 4) is 0 Å². The zero-order valence-corrected chi connectivity index (χ0v) is 10.9. The quantitative estimate of drug-likeness (QED) is 0.663. The highest BCUT2D eigenvalue weighted by atomic mass is 16.2. The molecule has 3 amide bonds. The third kappa shape index (κ3) is 3.41. The van der Waals surface area contributed by atoms with Crippen LogP contribution < -0.4 is 16.3 Å². The second kappa shape index (κ2) is 5.96. The fraction of sp³-hybridized carbons (Fsp3) is 0.231. The highest BCUT2D eigenvalue weighted by molar-refractivity contribution is 6.39. The van der Waals surface area contributed by atoms with Gasteiger partial charge in [-0.05, 0) is 19.1 Å². The summed E-state index contributed by atoms with van der Waals surface area (Å²) >= 11 is 0. The predicted molar refractivity (Wildman–Crippen MR) is 71.6 cm³/mol. The summed E-state index contributed by atoms with van der Waals surface area (Å²) in [6.45, 7) is 1.92. The molecule has 1 aromatic rings. The normalized spacial score (nSPS) is 14.1. The first-order valence-corrected chi connectivity index (χ1v) is 6.09. The molecule has 7 nitrogen and oxygen atoms in total. The van der Waals surface area contributed by atoms with Gasteiger partial charge in [-0.25, -0.2) is 5.43 Å². The van der Waals surface area contributed by atoms with Gasteiger partial charge in [0, 0.05) is 18.4 Å². The van der Waals surface area contributed by atoms with Crippen molar-refractivity contribution in [1.82, 2.24) is 16.3 Å². The first-order chi connectivity index (χ1) is 9.56. The van der Waals surface area contributed by atoms with Crippen LogP contribution in [0, 0.1) is 6.92 Å². The topological polar surface area (TPSA) is 99.7 Å². The Labute approximate surface area is 115 Å². The SMILES string of the molecule is Cc1ccc(C(=O)NNC(=O)C2=NNC(=O)CC2)cc1. The summed E-state index contributed by atoms with van der Waals surface area (Å²) in [5, 5.41) is 3.63. The van der Waals surface area contributed by atoms with Crippen LogP contribution in [0.15, 0.2) is 29.4 Å². The number of carbonyl (C=O) groups is 3. The average molecular weight is 274 g/mol. The lowest BCUT2D eigenvalue weighted by molar-refractivity contribution is -0.121. The van der Waals surface area contributed by atoms with E-state index in [2.05, 4.69) is 21.4 Å². The Morgan fingerprint density at radius 3 is 2.35 bits per heavy atom. The van der Waals surface area contributed by atoms with Crippen LogP contribution in [0.5, 0.6) is 0 Å². The van der Waals surface area contributed by atoms with E-state index in [0.29, 0.717) is 5.56 Å². The van der Waals surface area contributed by atoms with Gasteiger partial charge in [-0.1, -0.05) is 17.7 Å². The summed E-state index contributed by atoms with van der Waals surface area (Å²) in [5.41, 5.74) is 8.42. The van der Waals surface area contributed by atoms with Gasteiger partial charge in [0.2, 0.25) is 5.91 Å². The number of hydrogen-bond acceptors (Lipinski definition) is 4. The lowest BCUT2D eigenvalue weighted by Gasteiger charge is -2.12. The van der Waals surface area contributed by atoms with Crippen molar-refractivity contribution >= 4 is 23.4 Å². The lowest BCUT2D eigenvalue weighted by Crippen LogP contribution is -2.46. The van der Waals surface area contributed by atoms with Gasteiger partial charge in [-0.15, -0.1) is 0 Å². The third-order valence-corrected chi connectivity index (χ3v) is 2.77. The van der Waals surface area contributed by atoms with Crippen molar-refractivity contribution in [3.63, 3.8) is 0 Å². The second-order valence-electron chi connectivity index (χ2n) is 4.37. The van der Waals surface area contributed by atoms with E-state index < -0.39 is 11.8 Å². The number of nitrogens with zero attached hydrogens (tertiary/aromatic N) is 1. The smallest absolute Gasteiger partial charge is 0.273 e. The zero-order chi connectivity index (χ0) is 14.5. The fourth-order valence-electron chi connectivity index (χ4n) is 1.60. The van der Waals surface area contributed by atoms with E-state index in [9.17, 15) is 14.4 Å². The molecule has 0 saturated carbocycles. The van der Waals surface area contributed by atoms with Crippen molar-refractivity contribution in [2.45, 2.75) is 19.8 Å². The van der Waals surface area contributed by atoms with Crippen LogP contribution in [0.3, 0.4) is 0 Å². The van der Waals surface area contributed by atoms with E-state index in [1.54, 1.807) is 24.3 Å². The minimum absolute atomic E-state index is 0.175. The molecule has 20 heavy (non-hydrogen) atoms. The summed E-state index contributed by atoms with van der Waals surface area (Å²) in [5.74, 6) is -1.19. The molecule has 0 saturated heterocycles. The number of aryl methyl sites for hydroxylation is 1. The molecule has 7 heteroatoms. The summed E-state index contributed by atoms with van der Waals surface area (Å²) < 4.78 is 0. The van der Waals surface area contributed by atoms with Crippen LogP contribution in [0.1, 0.15) is 28.8 Å². The number of carbonyl (C=O) groups excluding carboxylic acids is 3. The van der Waals surface area contributed by atoms with Gasteiger partial charge in [0.05, 0.1) is 0 Å². The lowest BCUT2D eigenvalue weighted by atomic mass is 10.1. The van der Waals surface area contributed by atoms with Crippen molar-refractivity contribution in [2.75, 3.05) is 0 Å². The maximum Gasteiger partial charge on any atom is 0.285 e. The molecule has 0 aromatic heterocycles. The molecule has 1 aromatic carbocycles. The Morgan fingerprint density at radius 2 is 1.75 bits per heavy atom. The van der Waals surface area contributed by atoms with Gasteiger partial charge in [0.25, 0.3) is 11.8 Å². The molecule has 3 N–H and O–H groups in total. The maximum absolute atomic E-state index is 11.8. The minimum Gasteiger partial charge on any atom is -0.273 e. The third-order valence-electron chi connectivity index (χ3n) is 2.77. The van der Waals surface area contributed by atoms with E-state index in [1.165, 1.54) is 0 Å². The summed E-state index contributed by atoms with van der Waals surface area (Å²) in [7, 11) is 0. The van der Waals surface area contributed by atoms with E-state index in [1.807, 2.05) is 6.92 Å². The second-order valence-corrected chi connectivity index (χ2v) is 4.37. The first-order valence-electron chi connectivity index (χ1n) is 6.09. The van der Waals surface area contributed by atoms with Crippen LogP contribution in [-0.4, -0.2) is 23.4 Å². The largest absolute Gasteiger partial charge is 0.285 e. The van der Waals surface area contributed by atoms with Crippen LogP contribution in [0.4, 0.5) is 0 Å².